The molecule has 3 heterocycles. The van der Waals surface area contributed by atoms with Crippen molar-refractivity contribution in [3.05, 3.63) is 36.0 Å². The average molecular weight is 686 g/mol. The second kappa shape index (κ2) is 10.6. The number of hydrogen-bond donors (Lipinski definition) is 0. The summed E-state index contributed by atoms with van der Waals surface area (Å²) in [6, 6.07) is 7.02. The molecule has 1 aromatic carbocycles. The summed E-state index contributed by atoms with van der Waals surface area (Å²) in [6.45, 7) is 20.7. The van der Waals surface area contributed by atoms with E-state index in [4.69, 9.17) is 14.0 Å². The second-order valence-corrected chi connectivity index (χ2v) is 24.0. The first-order chi connectivity index (χ1) is 21.5. The molecule has 3 fully saturated rings. The fourth-order valence-corrected chi connectivity index (χ4v) is 11.9. The van der Waals surface area contributed by atoms with E-state index in [0.717, 1.165) is 18.2 Å². The van der Waals surface area contributed by atoms with Crippen LogP contribution in [0.15, 0.2) is 35.6 Å². The Labute approximate surface area is 280 Å². The van der Waals surface area contributed by atoms with E-state index in [1.54, 1.807) is 6.20 Å². The van der Waals surface area contributed by atoms with Gasteiger partial charge in [0.05, 0.1) is 29.6 Å². The van der Waals surface area contributed by atoms with Gasteiger partial charge < -0.3 is 14.0 Å². The lowest BCUT2D eigenvalue weighted by Gasteiger charge is -2.38. The van der Waals surface area contributed by atoms with E-state index in [1.807, 2.05) is 45.0 Å². The lowest BCUT2D eigenvalue weighted by atomic mass is 9.69. The molecule has 10 nitrogen and oxygen atoms in total. The van der Waals surface area contributed by atoms with Crippen LogP contribution < -0.4 is 0 Å². The molecule has 4 aliphatic rings. The minimum absolute atomic E-state index is 0.0216. The van der Waals surface area contributed by atoms with Crippen LogP contribution in [0.1, 0.15) is 86.6 Å². The zero-order valence-electron chi connectivity index (χ0n) is 29.6. The Bertz CT molecular complexity index is 1770. The summed E-state index contributed by atoms with van der Waals surface area (Å²) in [4.78, 5) is 34.5. The summed E-state index contributed by atoms with van der Waals surface area (Å²) < 4.78 is 42.9. The molecule has 1 amide bonds. The molecule has 258 valence electrons. The highest BCUT2D eigenvalue weighted by atomic mass is 32.2. The predicted octanol–water partition coefficient (Wildman–Crippen LogP) is 6.87. The monoisotopic (exact) mass is 685 g/mol. The smallest absolute Gasteiger partial charge is 0.419 e. The van der Waals surface area contributed by atoms with Gasteiger partial charge in [-0.25, -0.2) is 17.5 Å². The Morgan fingerprint density at radius 2 is 1.79 bits per heavy atom. The zero-order chi connectivity index (χ0) is 34.6. The number of nitrogens with zero attached hydrogens (tertiary/aromatic N) is 3. The summed E-state index contributed by atoms with van der Waals surface area (Å²) in [7, 11) is -6.08. The first-order valence-electron chi connectivity index (χ1n) is 16.8. The van der Waals surface area contributed by atoms with Crippen LogP contribution >= 0.6 is 0 Å². The third kappa shape index (κ3) is 5.37. The molecular formula is C35H51N3O7SSi. The predicted molar refractivity (Wildman–Crippen MR) is 184 cm³/mol. The summed E-state index contributed by atoms with van der Waals surface area (Å²) in [5, 5.41) is 5.13. The number of aromatic nitrogens is 1. The number of rotatable bonds is 6. The van der Waals surface area contributed by atoms with Crippen LogP contribution in [0, 0.1) is 16.7 Å². The number of ether oxygens (including phenoxy) is 1. The number of sulfonamides is 1. The van der Waals surface area contributed by atoms with Gasteiger partial charge in [-0.05, 0) is 81.1 Å². The highest BCUT2D eigenvalue weighted by Crippen LogP contribution is 2.70. The number of benzene rings is 1. The van der Waals surface area contributed by atoms with Gasteiger partial charge >= 0.3 is 6.09 Å². The highest BCUT2D eigenvalue weighted by molar-refractivity contribution is 7.90. The number of carbonyl (C=O) groups is 2. The Kier molecular flexibility index (Phi) is 7.74. The number of hydrogen-bond acceptors (Lipinski definition) is 8. The van der Waals surface area contributed by atoms with Gasteiger partial charge in [-0.15, -0.1) is 0 Å². The highest BCUT2D eigenvalue weighted by Gasteiger charge is 2.73. The molecule has 1 aromatic heterocycles. The van der Waals surface area contributed by atoms with E-state index in [-0.39, 0.29) is 35.7 Å². The maximum Gasteiger partial charge on any atom is 0.419 e. The number of fused-ring (bicyclic) bond motifs is 2. The molecule has 2 bridgehead atoms. The van der Waals surface area contributed by atoms with Gasteiger partial charge in [0.1, 0.15) is 5.60 Å². The number of amides is 1. The van der Waals surface area contributed by atoms with E-state index in [0.29, 0.717) is 29.1 Å². The van der Waals surface area contributed by atoms with Crippen LogP contribution in [0.4, 0.5) is 4.79 Å². The Morgan fingerprint density at radius 3 is 2.43 bits per heavy atom. The van der Waals surface area contributed by atoms with Crippen molar-refractivity contribution in [3.63, 3.8) is 0 Å². The summed E-state index contributed by atoms with van der Waals surface area (Å²) in [6.07, 6.45) is 3.68. The molecule has 2 unspecified atom stereocenters. The molecule has 2 aliphatic carbocycles. The number of para-hydroxylation sites is 1. The van der Waals surface area contributed by atoms with E-state index >= 15 is 4.79 Å². The van der Waals surface area contributed by atoms with E-state index in [9.17, 15) is 13.2 Å². The molecule has 47 heavy (non-hydrogen) atoms. The SMILES string of the molecule is CC(C)(C)OC(=O)n1cc(CC2(C(=O)N3C4C[C@@H]5CC[C@@]4(CS3(=O)=O)C5(C)C)CC(CO[Si](C)(C)C(C)(C)C)=NO2)c2ccccc21. The summed E-state index contributed by atoms with van der Waals surface area (Å²) >= 11 is 0. The fourth-order valence-electron chi connectivity index (χ4n) is 8.31. The molecule has 2 aromatic rings. The Hall–Kier alpha value is -2.70. The van der Waals surface area contributed by atoms with Gasteiger partial charge in [0.25, 0.3) is 5.91 Å². The first kappa shape index (κ1) is 34.2. The lowest BCUT2D eigenvalue weighted by Crippen LogP contribution is -2.55. The normalized spacial score (nSPS) is 29.6. The molecule has 4 atom stereocenters. The van der Waals surface area contributed by atoms with Crippen molar-refractivity contribution in [1.29, 1.82) is 0 Å². The molecule has 1 spiro atoms. The van der Waals surface area contributed by atoms with Crippen molar-refractivity contribution in [1.82, 2.24) is 8.87 Å². The van der Waals surface area contributed by atoms with Crippen LogP contribution in [0.5, 0.6) is 0 Å². The summed E-state index contributed by atoms with van der Waals surface area (Å²) in [5.74, 6) is -0.255. The fraction of sp³-hybridized carbons (Fsp3) is 0.686. The van der Waals surface area contributed by atoms with Crippen molar-refractivity contribution >= 4 is 47.0 Å². The molecule has 2 saturated carbocycles. The van der Waals surface area contributed by atoms with Crippen molar-refractivity contribution in [2.75, 3.05) is 12.4 Å². The van der Waals surface area contributed by atoms with Crippen LogP contribution in [0.3, 0.4) is 0 Å². The minimum Gasteiger partial charge on any atom is -0.443 e. The lowest BCUT2D eigenvalue weighted by molar-refractivity contribution is -0.152. The molecule has 2 aliphatic heterocycles. The Morgan fingerprint density at radius 1 is 1.11 bits per heavy atom. The summed E-state index contributed by atoms with van der Waals surface area (Å²) in [5.41, 5.74) is -1.14. The third-order valence-corrected chi connectivity index (χ3v) is 18.5. The van der Waals surface area contributed by atoms with Crippen LogP contribution in [-0.2, 0) is 35.2 Å². The van der Waals surface area contributed by atoms with Crippen molar-refractivity contribution in [2.45, 2.75) is 123 Å². The standard InChI is InChI=1S/C35H51N3O7SSi/c1-31(2,3)44-30(40)37-20-23(26-13-11-12-14-27(26)37)18-35(19-25(36-45-35)21-43-47(9,10)32(4,5)6)29(39)38-28-17-24-15-16-34(28,33(24,7)8)22-46(38,41)42/h11-14,20,24,28H,15-19,21-22H2,1-10H3/t24-,28?,34-,35?/m0/s1. The van der Waals surface area contributed by atoms with E-state index < -0.39 is 53.0 Å². The maximum atomic E-state index is 15.0. The van der Waals surface area contributed by atoms with Gasteiger partial charge in [0.2, 0.25) is 15.6 Å². The first-order valence-corrected chi connectivity index (χ1v) is 21.3. The van der Waals surface area contributed by atoms with Gasteiger partial charge in [-0.2, -0.15) is 0 Å². The molecule has 0 N–H and O–H groups in total. The van der Waals surface area contributed by atoms with Gasteiger partial charge in [-0.1, -0.05) is 58.0 Å². The molecule has 0 radical (unpaired) electrons. The average Bonchev–Trinajstić information content (AvgIpc) is 3.68. The zero-order valence-corrected chi connectivity index (χ0v) is 31.4. The minimum atomic E-state index is -3.92. The molecule has 12 heteroatoms. The van der Waals surface area contributed by atoms with Crippen molar-refractivity contribution in [3.8, 4) is 0 Å². The third-order valence-electron chi connectivity index (χ3n) is 12.1. The number of carbonyl (C=O) groups excluding carboxylic acids is 2. The topological polar surface area (TPSA) is 117 Å². The largest absolute Gasteiger partial charge is 0.443 e. The molecule has 6 rings (SSSR count). The van der Waals surface area contributed by atoms with Crippen molar-refractivity contribution in [2.24, 2.45) is 21.9 Å². The number of oxime groups is 1. The molecular weight excluding hydrogens is 635 g/mol. The van der Waals surface area contributed by atoms with E-state index in [2.05, 4.69) is 52.9 Å². The van der Waals surface area contributed by atoms with Gasteiger partial charge in [-0.3, -0.25) is 9.36 Å². The van der Waals surface area contributed by atoms with E-state index in [1.165, 1.54) is 8.87 Å². The van der Waals surface area contributed by atoms with Crippen LogP contribution in [-0.4, -0.2) is 72.9 Å². The Balaban J connectivity index is 1.39. The quantitative estimate of drug-likeness (QED) is 0.305. The van der Waals surface area contributed by atoms with Gasteiger partial charge in [0.15, 0.2) is 8.32 Å². The maximum absolute atomic E-state index is 15.0. The van der Waals surface area contributed by atoms with Crippen molar-refractivity contribution < 1.29 is 32.0 Å². The second-order valence-electron chi connectivity index (χ2n) is 17.4. The molecule has 1 saturated heterocycles. The van der Waals surface area contributed by atoms with Crippen LogP contribution in [0.25, 0.3) is 10.9 Å². The van der Waals surface area contributed by atoms with Gasteiger partial charge in [0, 0.05) is 29.8 Å². The van der Waals surface area contributed by atoms with Crippen LogP contribution in [0.2, 0.25) is 18.1 Å².